The maximum absolute atomic E-state index is 13.4. The molecule has 5 rings (SSSR count). The van der Waals surface area contributed by atoms with E-state index >= 15 is 0 Å². The van der Waals surface area contributed by atoms with Crippen molar-refractivity contribution in [2.45, 2.75) is 12.5 Å². The van der Waals surface area contributed by atoms with E-state index in [0.717, 1.165) is 15.3 Å². The number of nitrogen functional groups attached to an aromatic ring is 1. The Morgan fingerprint density at radius 1 is 1.16 bits per heavy atom. The first-order chi connectivity index (χ1) is 17.7. The molecule has 1 aliphatic carbocycles. The van der Waals surface area contributed by atoms with Crippen molar-refractivity contribution in [3.8, 4) is 0 Å². The predicted octanol–water partition coefficient (Wildman–Crippen LogP) is 3.58. The van der Waals surface area contributed by atoms with Gasteiger partial charge >= 0.3 is 5.97 Å². The van der Waals surface area contributed by atoms with E-state index in [1.165, 1.54) is 22.3 Å². The summed E-state index contributed by atoms with van der Waals surface area (Å²) in [6.45, 7) is -0.329. The number of amidine groups is 1. The lowest BCUT2D eigenvalue weighted by Gasteiger charge is -2.35. The maximum atomic E-state index is 13.4. The van der Waals surface area contributed by atoms with Crippen LogP contribution in [-0.4, -0.2) is 47.8 Å². The highest BCUT2D eigenvalue weighted by molar-refractivity contribution is 7.96. The second-order valence-electron chi connectivity index (χ2n) is 8.59. The van der Waals surface area contributed by atoms with Gasteiger partial charge in [0.1, 0.15) is 12.4 Å². The summed E-state index contributed by atoms with van der Waals surface area (Å²) in [5.41, 5.74) is 8.94. The Morgan fingerprint density at radius 3 is 2.68 bits per heavy atom. The first-order valence-electron chi connectivity index (χ1n) is 11.3. The molecule has 0 saturated heterocycles. The van der Waals surface area contributed by atoms with Crippen LogP contribution in [0, 0.1) is 5.41 Å². The van der Waals surface area contributed by atoms with Crippen LogP contribution in [-0.2, 0) is 21.2 Å². The van der Waals surface area contributed by atoms with Crippen LogP contribution in [0.3, 0.4) is 0 Å². The second kappa shape index (κ2) is 9.68. The number of carboxylic acids is 1. The molecular formula is C26H23N5O4S2. The van der Waals surface area contributed by atoms with Gasteiger partial charge in [-0.15, -0.1) is 11.3 Å². The topological polar surface area (TPSA) is 149 Å². The van der Waals surface area contributed by atoms with Crippen LogP contribution in [0.4, 0.5) is 5.69 Å². The number of aliphatic carboxylic acids is 1. The van der Waals surface area contributed by atoms with Crippen LogP contribution in [0.15, 0.2) is 89.5 Å². The summed E-state index contributed by atoms with van der Waals surface area (Å²) in [7, 11) is -4.00. The van der Waals surface area contributed by atoms with Crippen LogP contribution >= 0.6 is 11.3 Å². The van der Waals surface area contributed by atoms with Gasteiger partial charge in [0, 0.05) is 18.2 Å². The van der Waals surface area contributed by atoms with Crippen LogP contribution in [0.25, 0.3) is 10.2 Å². The number of nitrogens with one attached hydrogen (secondary N) is 2. The minimum atomic E-state index is -4.00. The number of carboxylic acid groups (broad SMARTS) is 1. The fourth-order valence-electron chi connectivity index (χ4n) is 4.29. The standard InChI is InChI=1S/C26H23N5O4S2/c27-26(28)18-8-6-16(7-9-18)13-23-29-20-14-19(10-11-21(20)36-23)30-37(34,35)22-5-1-3-17-4-2-12-31(25(17)22)15-24(32)33/h1-12,14,25,30H,13,15H2,(H3,27,28)(H,32,33). The third-order valence-electron chi connectivity index (χ3n) is 5.96. The Morgan fingerprint density at radius 2 is 1.95 bits per heavy atom. The number of rotatable bonds is 8. The quantitative estimate of drug-likeness (QED) is 0.255. The highest BCUT2D eigenvalue weighted by Crippen LogP contribution is 2.33. The van der Waals surface area contributed by atoms with E-state index in [0.29, 0.717) is 28.8 Å². The zero-order chi connectivity index (χ0) is 26.2. The van der Waals surface area contributed by atoms with Gasteiger partial charge in [-0.05, 0) is 41.5 Å². The van der Waals surface area contributed by atoms with Gasteiger partial charge in [0.05, 0.1) is 31.9 Å². The highest BCUT2D eigenvalue weighted by atomic mass is 32.2. The molecule has 1 atom stereocenters. The molecule has 9 nitrogen and oxygen atoms in total. The highest BCUT2D eigenvalue weighted by Gasteiger charge is 2.35. The first kappa shape index (κ1) is 24.5. The number of thiazole rings is 1. The predicted molar refractivity (Wildman–Crippen MR) is 145 cm³/mol. The molecule has 188 valence electrons. The number of sulfonamides is 1. The van der Waals surface area contributed by atoms with Crippen molar-refractivity contribution in [1.29, 1.82) is 5.41 Å². The molecule has 2 aliphatic rings. The van der Waals surface area contributed by atoms with E-state index in [-0.39, 0.29) is 17.3 Å². The molecule has 0 fully saturated rings. The normalized spacial score (nSPS) is 16.8. The number of nitrogens with zero attached hydrogens (tertiary/aromatic N) is 2. The van der Waals surface area contributed by atoms with Gasteiger partial charge in [0.15, 0.2) is 0 Å². The van der Waals surface area contributed by atoms with Crippen molar-refractivity contribution in [1.82, 2.24) is 9.88 Å². The van der Waals surface area contributed by atoms with Crippen molar-refractivity contribution in [2.24, 2.45) is 5.73 Å². The van der Waals surface area contributed by atoms with Gasteiger partial charge in [0.2, 0.25) is 0 Å². The number of hydrogen-bond donors (Lipinski definition) is 4. The summed E-state index contributed by atoms with van der Waals surface area (Å²) in [6.07, 6.45) is 10.6. The van der Waals surface area contributed by atoms with E-state index in [9.17, 15) is 18.3 Å². The van der Waals surface area contributed by atoms with Crippen molar-refractivity contribution in [2.75, 3.05) is 11.3 Å². The van der Waals surface area contributed by atoms with Crippen molar-refractivity contribution < 1.29 is 18.3 Å². The zero-order valence-electron chi connectivity index (χ0n) is 19.5. The van der Waals surface area contributed by atoms with Gasteiger partial charge in [-0.2, -0.15) is 0 Å². The SMILES string of the molecule is N=C(N)c1ccc(Cc2nc3cc(NS(=O)(=O)C4=CC=CC5=CC=CN(CC(=O)O)C54)ccc3s2)cc1. The molecule has 3 aromatic rings. The molecule has 0 radical (unpaired) electrons. The van der Waals surface area contributed by atoms with Crippen LogP contribution < -0.4 is 10.5 Å². The number of allylic oxidation sites excluding steroid dienone is 4. The third kappa shape index (κ3) is 5.18. The summed E-state index contributed by atoms with van der Waals surface area (Å²) >= 11 is 1.53. The number of aromatic nitrogens is 1. The van der Waals surface area contributed by atoms with E-state index in [4.69, 9.17) is 11.1 Å². The number of anilines is 1. The van der Waals surface area contributed by atoms with Gasteiger partial charge in [-0.25, -0.2) is 13.4 Å². The number of benzene rings is 2. The molecule has 1 unspecified atom stereocenters. The lowest BCUT2D eigenvalue weighted by molar-refractivity contribution is -0.137. The molecular weight excluding hydrogens is 510 g/mol. The van der Waals surface area contributed by atoms with E-state index < -0.39 is 22.0 Å². The van der Waals surface area contributed by atoms with Gasteiger partial charge < -0.3 is 15.7 Å². The smallest absolute Gasteiger partial charge is 0.323 e. The van der Waals surface area contributed by atoms with Gasteiger partial charge in [-0.1, -0.05) is 42.5 Å². The molecule has 0 amide bonds. The lowest BCUT2D eigenvalue weighted by atomic mass is 9.98. The molecule has 2 heterocycles. The van der Waals surface area contributed by atoms with Gasteiger partial charge in [-0.3, -0.25) is 14.9 Å². The Balaban J connectivity index is 1.37. The van der Waals surface area contributed by atoms with E-state index in [1.807, 2.05) is 18.2 Å². The summed E-state index contributed by atoms with van der Waals surface area (Å²) in [4.78, 5) is 17.6. The molecule has 2 aromatic carbocycles. The summed E-state index contributed by atoms with van der Waals surface area (Å²) in [5, 5.41) is 17.7. The average molecular weight is 534 g/mol. The monoisotopic (exact) mass is 533 g/mol. The van der Waals surface area contributed by atoms with E-state index in [2.05, 4.69) is 9.71 Å². The molecule has 0 spiro atoms. The Kier molecular flexibility index (Phi) is 6.40. The number of nitrogens with two attached hydrogens (primary N) is 1. The van der Waals surface area contributed by atoms with Crippen LogP contribution in [0.5, 0.6) is 0 Å². The number of hydrogen-bond acceptors (Lipinski definition) is 7. The molecule has 1 aromatic heterocycles. The minimum Gasteiger partial charge on any atom is -0.480 e. The molecule has 5 N–H and O–H groups in total. The Bertz CT molecular complexity index is 1630. The van der Waals surface area contributed by atoms with Crippen molar-refractivity contribution in [3.63, 3.8) is 0 Å². The van der Waals surface area contributed by atoms with Gasteiger partial charge in [0.25, 0.3) is 10.0 Å². The average Bonchev–Trinajstić information content (AvgIpc) is 3.25. The Hall–Kier alpha value is -4.22. The van der Waals surface area contributed by atoms with Crippen molar-refractivity contribution in [3.05, 3.63) is 106 Å². The zero-order valence-corrected chi connectivity index (χ0v) is 21.1. The maximum Gasteiger partial charge on any atom is 0.323 e. The number of carbonyl (C=O) groups is 1. The summed E-state index contributed by atoms with van der Waals surface area (Å²) < 4.78 is 30.4. The second-order valence-corrected chi connectivity index (χ2v) is 11.4. The van der Waals surface area contributed by atoms with Crippen molar-refractivity contribution >= 4 is 49.1 Å². The first-order valence-corrected chi connectivity index (χ1v) is 13.6. The molecule has 0 bridgehead atoms. The molecule has 0 saturated carbocycles. The third-order valence-corrected chi connectivity index (χ3v) is 8.49. The van der Waals surface area contributed by atoms with Crippen LogP contribution in [0.2, 0.25) is 0 Å². The van der Waals surface area contributed by atoms with E-state index in [1.54, 1.807) is 54.8 Å². The molecule has 1 aliphatic heterocycles. The summed E-state index contributed by atoms with van der Waals surface area (Å²) in [6, 6.07) is 11.9. The molecule has 11 heteroatoms. The lowest BCUT2D eigenvalue weighted by Crippen LogP contribution is -2.42. The minimum absolute atomic E-state index is 0.0170. The van der Waals surface area contributed by atoms with Crippen LogP contribution in [0.1, 0.15) is 16.1 Å². The fraction of sp³-hybridized carbons (Fsp3) is 0.115. The Labute approximate surface area is 217 Å². The summed E-state index contributed by atoms with van der Waals surface area (Å²) in [5.74, 6) is -1.03. The molecule has 37 heavy (non-hydrogen) atoms. The number of fused-ring (bicyclic) bond motifs is 2. The largest absolute Gasteiger partial charge is 0.480 e. The fourth-order valence-corrected chi connectivity index (χ4v) is 6.65.